The van der Waals surface area contributed by atoms with E-state index < -0.39 is 12.2 Å². The highest BCUT2D eigenvalue weighted by atomic mass is 16.5. The van der Waals surface area contributed by atoms with E-state index in [0.29, 0.717) is 19.5 Å². The van der Waals surface area contributed by atoms with Crippen LogP contribution in [0.2, 0.25) is 0 Å². The second-order valence-corrected chi connectivity index (χ2v) is 7.16. The van der Waals surface area contributed by atoms with Gasteiger partial charge in [-0.25, -0.2) is 0 Å². The minimum Gasteiger partial charge on any atom is -0.497 e. The van der Waals surface area contributed by atoms with Gasteiger partial charge in [-0.15, -0.1) is 0 Å². The highest BCUT2D eigenvalue weighted by Crippen LogP contribution is 2.40. The standard InChI is InChI=1S/C21H23NO4/c1-26-16-7-5-13(6-8-16)11-22-12-15-4-2-3-14-9-18(23)21(25)17(20(14)15)10-19(22)24/h2-8,17-18,21,23,25H,9-12H2,1H3/t17-,18-,21+/m1/s1. The Morgan fingerprint density at radius 3 is 2.54 bits per heavy atom. The van der Waals surface area contributed by atoms with Gasteiger partial charge >= 0.3 is 0 Å². The molecule has 1 amide bonds. The predicted molar refractivity (Wildman–Crippen MR) is 96.8 cm³/mol. The molecule has 1 aliphatic carbocycles. The first-order chi connectivity index (χ1) is 12.6. The van der Waals surface area contributed by atoms with E-state index in [1.807, 2.05) is 47.4 Å². The van der Waals surface area contributed by atoms with E-state index >= 15 is 0 Å². The molecule has 2 aliphatic rings. The summed E-state index contributed by atoms with van der Waals surface area (Å²) < 4.78 is 5.19. The van der Waals surface area contributed by atoms with Crippen molar-refractivity contribution in [1.82, 2.24) is 4.90 Å². The molecule has 0 spiro atoms. The average Bonchev–Trinajstić information content (AvgIpc) is 2.78. The molecule has 2 aromatic rings. The summed E-state index contributed by atoms with van der Waals surface area (Å²) in [6, 6.07) is 13.7. The summed E-state index contributed by atoms with van der Waals surface area (Å²) in [6.07, 6.45) is -1.05. The summed E-state index contributed by atoms with van der Waals surface area (Å²) >= 11 is 0. The maximum absolute atomic E-state index is 12.9. The van der Waals surface area contributed by atoms with Crippen molar-refractivity contribution in [2.75, 3.05) is 7.11 Å². The van der Waals surface area contributed by atoms with E-state index in [1.54, 1.807) is 7.11 Å². The van der Waals surface area contributed by atoms with Crippen LogP contribution in [0.3, 0.4) is 0 Å². The van der Waals surface area contributed by atoms with Gasteiger partial charge in [0, 0.05) is 31.8 Å². The van der Waals surface area contributed by atoms with E-state index in [2.05, 4.69) is 0 Å². The molecule has 4 rings (SSSR count). The minimum atomic E-state index is -0.895. The van der Waals surface area contributed by atoms with Gasteiger partial charge in [-0.1, -0.05) is 30.3 Å². The summed E-state index contributed by atoms with van der Waals surface area (Å²) in [4.78, 5) is 14.7. The Bertz CT molecular complexity index is 817. The highest BCUT2D eigenvalue weighted by molar-refractivity contribution is 5.78. The van der Waals surface area contributed by atoms with Gasteiger partial charge in [0.25, 0.3) is 0 Å². The lowest BCUT2D eigenvalue weighted by molar-refractivity contribution is -0.133. The van der Waals surface area contributed by atoms with Crippen LogP contribution in [0.1, 0.15) is 34.6 Å². The van der Waals surface area contributed by atoms with E-state index in [0.717, 1.165) is 28.0 Å². The van der Waals surface area contributed by atoms with Gasteiger partial charge in [-0.3, -0.25) is 4.79 Å². The quantitative estimate of drug-likeness (QED) is 0.885. The first-order valence-corrected chi connectivity index (χ1v) is 8.94. The van der Waals surface area contributed by atoms with E-state index in [9.17, 15) is 15.0 Å². The molecule has 3 atom stereocenters. The molecule has 0 aromatic heterocycles. The van der Waals surface area contributed by atoms with Gasteiger partial charge in [-0.2, -0.15) is 0 Å². The summed E-state index contributed by atoms with van der Waals surface area (Å²) in [7, 11) is 1.63. The Hall–Kier alpha value is -2.37. The smallest absolute Gasteiger partial charge is 0.223 e. The number of methoxy groups -OCH3 is 1. The van der Waals surface area contributed by atoms with Crippen LogP contribution in [0.4, 0.5) is 0 Å². The minimum absolute atomic E-state index is 0.00104. The summed E-state index contributed by atoms with van der Waals surface area (Å²) in [5, 5.41) is 20.7. The third-order valence-electron chi connectivity index (χ3n) is 5.53. The van der Waals surface area contributed by atoms with Crippen molar-refractivity contribution in [3.8, 4) is 5.75 Å². The van der Waals surface area contributed by atoms with Gasteiger partial charge in [-0.05, 0) is 34.4 Å². The molecule has 136 valence electrons. The Labute approximate surface area is 152 Å². The summed E-state index contributed by atoms with van der Waals surface area (Å²) in [5.74, 6) is 0.452. The molecule has 0 saturated heterocycles. The SMILES string of the molecule is COc1ccc(CN2Cc3cccc4c3[C@@H](CC2=O)[C@H](O)[C@H](O)C4)cc1. The number of nitrogens with zero attached hydrogens (tertiary/aromatic N) is 1. The number of hydrogen-bond acceptors (Lipinski definition) is 4. The van der Waals surface area contributed by atoms with Crippen LogP contribution in [-0.4, -0.2) is 40.3 Å². The third-order valence-corrected chi connectivity index (χ3v) is 5.53. The van der Waals surface area contributed by atoms with Crippen LogP contribution in [0.15, 0.2) is 42.5 Å². The van der Waals surface area contributed by atoms with Crippen molar-refractivity contribution < 1.29 is 19.7 Å². The first kappa shape index (κ1) is 17.1. The number of carbonyl (C=O) groups is 1. The van der Waals surface area contributed by atoms with Crippen LogP contribution in [0.25, 0.3) is 0 Å². The number of hydrogen-bond donors (Lipinski definition) is 2. The van der Waals surface area contributed by atoms with Crippen molar-refractivity contribution in [3.05, 3.63) is 64.7 Å². The van der Waals surface area contributed by atoms with Gasteiger partial charge < -0.3 is 19.8 Å². The lowest BCUT2D eigenvalue weighted by atomic mass is 9.76. The molecular formula is C21H23NO4. The maximum atomic E-state index is 12.9. The van der Waals surface area contributed by atoms with Crippen LogP contribution in [-0.2, 0) is 24.3 Å². The van der Waals surface area contributed by atoms with E-state index in [1.165, 1.54) is 0 Å². The molecule has 2 aromatic carbocycles. The summed E-state index contributed by atoms with van der Waals surface area (Å²) in [6.45, 7) is 1.03. The van der Waals surface area contributed by atoms with Gasteiger partial charge in [0.2, 0.25) is 5.91 Å². The molecule has 1 aliphatic heterocycles. The zero-order valence-corrected chi connectivity index (χ0v) is 14.8. The lowest BCUT2D eigenvalue weighted by Gasteiger charge is -2.33. The topological polar surface area (TPSA) is 70.0 Å². The van der Waals surface area contributed by atoms with Crippen molar-refractivity contribution in [1.29, 1.82) is 0 Å². The number of aliphatic hydroxyl groups is 2. The number of amides is 1. The highest BCUT2D eigenvalue weighted by Gasteiger charge is 2.40. The van der Waals surface area contributed by atoms with E-state index in [4.69, 9.17) is 4.74 Å². The second kappa shape index (κ2) is 6.74. The number of aliphatic hydroxyl groups excluding tert-OH is 2. The average molecular weight is 353 g/mol. The molecule has 2 N–H and O–H groups in total. The van der Waals surface area contributed by atoms with Crippen LogP contribution >= 0.6 is 0 Å². The molecule has 0 bridgehead atoms. The second-order valence-electron chi connectivity index (χ2n) is 7.16. The Morgan fingerprint density at radius 1 is 1.08 bits per heavy atom. The van der Waals surface area contributed by atoms with Gasteiger partial charge in [0.1, 0.15) is 5.75 Å². The zero-order valence-electron chi connectivity index (χ0n) is 14.8. The molecule has 5 heteroatoms. The van der Waals surface area contributed by atoms with Crippen molar-refractivity contribution >= 4 is 5.91 Å². The number of carbonyl (C=O) groups excluding carboxylic acids is 1. The van der Waals surface area contributed by atoms with E-state index in [-0.39, 0.29) is 18.2 Å². The number of ether oxygens (including phenoxy) is 1. The largest absolute Gasteiger partial charge is 0.497 e. The van der Waals surface area contributed by atoms with Crippen LogP contribution in [0, 0.1) is 0 Å². The molecule has 0 unspecified atom stereocenters. The van der Waals surface area contributed by atoms with Crippen LogP contribution < -0.4 is 4.74 Å². The monoisotopic (exact) mass is 353 g/mol. The summed E-state index contributed by atoms with van der Waals surface area (Å²) in [5.41, 5.74) is 4.20. The molecule has 26 heavy (non-hydrogen) atoms. The molecule has 0 fully saturated rings. The fraction of sp³-hybridized carbons (Fsp3) is 0.381. The number of benzene rings is 2. The predicted octanol–water partition coefficient (Wildman–Crippen LogP) is 1.99. The molecular weight excluding hydrogens is 330 g/mol. The number of rotatable bonds is 3. The van der Waals surface area contributed by atoms with Crippen molar-refractivity contribution in [2.45, 2.75) is 44.1 Å². The molecule has 0 radical (unpaired) electrons. The first-order valence-electron chi connectivity index (χ1n) is 8.94. The maximum Gasteiger partial charge on any atom is 0.223 e. The van der Waals surface area contributed by atoms with Gasteiger partial charge in [0.05, 0.1) is 19.3 Å². The Balaban J connectivity index is 1.65. The Kier molecular flexibility index (Phi) is 4.42. The van der Waals surface area contributed by atoms with Crippen LogP contribution in [0.5, 0.6) is 5.75 Å². The van der Waals surface area contributed by atoms with Crippen molar-refractivity contribution in [2.24, 2.45) is 0 Å². The fourth-order valence-electron chi connectivity index (χ4n) is 4.17. The third kappa shape index (κ3) is 2.97. The lowest BCUT2D eigenvalue weighted by Crippen LogP contribution is -2.39. The Morgan fingerprint density at radius 2 is 1.81 bits per heavy atom. The zero-order chi connectivity index (χ0) is 18.3. The fourth-order valence-corrected chi connectivity index (χ4v) is 4.17. The van der Waals surface area contributed by atoms with Gasteiger partial charge in [0.15, 0.2) is 0 Å². The molecule has 0 saturated carbocycles. The molecule has 1 heterocycles. The normalized spacial score (nSPS) is 24.8. The molecule has 5 nitrogen and oxygen atoms in total. The van der Waals surface area contributed by atoms with Crippen molar-refractivity contribution in [3.63, 3.8) is 0 Å².